The van der Waals surface area contributed by atoms with Gasteiger partial charge in [0, 0.05) is 23.1 Å². The number of fused-ring (bicyclic) bond motifs is 1. The maximum Gasteiger partial charge on any atom is 0.224 e. The first-order chi connectivity index (χ1) is 10.1. The normalized spacial score (nSPS) is 13.5. The zero-order valence-electron chi connectivity index (χ0n) is 11.2. The molecule has 1 aliphatic heterocycles. The fraction of sp³-hybridized carbons (Fsp3) is 0.188. The molecule has 0 aromatic heterocycles. The monoisotopic (exact) mass is 348 g/mol. The highest BCUT2D eigenvalue weighted by Gasteiger charge is 2.17. The number of carbonyl (C=O) groups is 1. The summed E-state index contributed by atoms with van der Waals surface area (Å²) in [5, 5.41) is 5.86. The molecule has 0 bridgehead atoms. The average Bonchev–Trinajstić information content (AvgIpc) is 2.47. The Bertz CT molecular complexity index is 703. The minimum Gasteiger partial charge on any atom is -0.378 e. The molecule has 3 rings (SSSR count). The number of amides is 1. The Hall–Kier alpha value is -1.88. The number of hydrogen-bond donors (Lipinski definition) is 2. The van der Waals surface area contributed by atoms with Crippen molar-refractivity contribution in [1.29, 1.82) is 0 Å². The molecule has 0 saturated heterocycles. The van der Waals surface area contributed by atoms with Crippen molar-refractivity contribution < 1.29 is 9.18 Å². The van der Waals surface area contributed by atoms with Crippen LogP contribution >= 0.6 is 15.9 Å². The Morgan fingerprint density at radius 1 is 1.24 bits per heavy atom. The molecule has 108 valence electrons. The molecule has 21 heavy (non-hydrogen) atoms. The van der Waals surface area contributed by atoms with Crippen molar-refractivity contribution >= 4 is 33.2 Å². The highest BCUT2D eigenvalue weighted by atomic mass is 79.9. The van der Waals surface area contributed by atoms with Crippen LogP contribution in [0.2, 0.25) is 0 Å². The van der Waals surface area contributed by atoms with E-state index in [1.165, 1.54) is 6.07 Å². The Kier molecular flexibility index (Phi) is 3.92. The number of anilines is 2. The number of carbonyl (C=O) groups excluding carboxylic acids is 1. The summed E-state index contributed by atoms with van der Waals surface area (Å²) in [6.45, 7) is 0.505. The second-order valence-electron chi connectivity index (χ2n) is 4.98. The minimum absolute atomic E-state index is 0.0224. The first-order valence-corrected chi connectivity index (χ1v) is 7.52. The number of aryl methyl sites for hydroxylation is 1. The molecular formula is C16H14BrFN2O. The first-order valence-electron chi connectivity index (χ1n) is 6.73. The van der Waals surface area contributed by atoms with Crippen LogP contribution in [0.3, 0.4) is 0 Å². The molecule has 1 amide bonds. The van der Waals surface area contributed by atoms with Gasteiger partial charge in [-0.15, -0.1) is 0 Å². The third-order valence-electron chi connectivity index (χ3n) is 3.52. The number of nitrogens with one attached hydrogen (secondary N) is 2. The number of benzene rings is 2. The van der Waals surface area contributed by atoms with Gasteiger partial charge < -0.3 is 10.6 Å². The highest BCUT2D eigenvalue weighted by molar-refractivity contribution is 9.10. The summed E-state index contributed by atoms with van der Waals surface area (Å²) in [6, 6.07) is 10.9. The van der Waals surface area contributed by atoms with E-state index < -0.39 is 0 Å². The summed E-state index contributed by atoms with van der Waals surface area (Å²) >= 11 is 3.47. The fourth-order valence-electron chi connectivity index (χ4n) is 2.37. The Balaban J connectivity index is 1.81. The number of hydrogen-bond acceptors (Lipinski definition) is 2. The van der Waals surface area contributed by atoms with Crippen LogP contribution in [0.15, 0.2) is 40.9 Å². The van der Waals surface area contributed by atoms with Gasteiger partial charge in [0.2, 0.25) is 5.91 Å². The van der Waals surface area contributed by atoms with E-state index in [4.69, 9.17) is 0 Å². The quantitative estimate of drug-likeness (QED) is 0.877. The molecule has 1 aliphatic rings. The van der Waals surface area contributed by atoms with Crippen LogP contribution < -0.4 is 10.6 Å². The van der Waals surface area contributed by atoms with Gasteiger partial charge in [0.25, 0.3) is 0 Å². The second-order valence-corrected chi connectivity index (χ2v) is 5.84. The predicted molar refractivity (Wildman–Crippen MR) is 84.8 cm³/mol. The molecule has 1 heterocycles. The van der Waals surface area contributed by atoms with E-state index in [0.717, 1.165) is 15.6 Å². The smallest absolute Gasteiger partial charge is 0.224 e. The lowest BCUT2D eigenvalue weighted by molar-refractivity contribution is -0.116. The lowest BCUT2D eigenvalue weighted by Gasteiger charge is -2.19. The Morgan fingerprint density at radius 3 is 2.86 bits per heavy atom. The second kappa shape index (κ2) is 5.85. The average molecular weight is 349 g/mol. The van der Waals surface area contributed by atoms with Gasteiger partial charge in [-0.3, -0.25) is 4.79 Å². The van der Waals surface area contributed by atoms with Crippen LogP contribution in [-0.4, -0.2) is 5.91 Å². The highest BCUT2D eigenvalue weighted by Crippen LogP contribution is 2.29. The molecule has 0 saturated carbocycles. The van der Waals surface area contributed by atoms with Crippen LogP contribution in [0.1, 0.15) is 17.5 Å². The van der Waals surface area contributed by atoms with Gasteiger partial charge in [-0.1, -0.05) is 34.1 Å². The van der Waals surface area contributed by atoms with Crippen LogP contribution in [0, 0.1) is 5.82 Å². The molecule has 3 nitrogen and oxygen atoms in total. The third kappa shape index (κ3) is 3.08. The van der Waals surface area contributed by atoms with E-state index in [-0.39, 0.29) is 11.7 Å². The lowest BCUT2D eigenvalue weighted by atomic mass is 10.0. The molecule has 0 fully saturated rings. The maximum atomic E-state index is 14.1. The van der Waals surface area contributed by atoms with Crippen molar-refractivity contribution in [1.82, 2.24) is 0 Å². The number of rotatable bonds is 3. The molecule has 0 atom stereocenters. The minimum atomic E-state index is -0.294. The van der Waals surface area contributed by atoms with Crippen molar-refractivity contribution in [2.45, 2.75) is 19.4 Å². The van der Waals surface area contributed by atoms with Crippen LogP contribution in [0.4, 0.5) is 15.8 Å². The number of halogens is 2. The summed E-state index contributed by atoms with van der Waals surface area (Å²) < 4.78 is 15.1. The van der Waals surface area contributed by atoms with Gasteiger partial charge in [0.1, 0.15) is 5.82 Å². The fourth-order valence-corrected chi connectivity index (χ4v) is 2.79. The van der Waals surface area contributed by atoms with Gasteiger partial charge in [-0.05, 0) is 35.7 Å². The standard InChI is InChI=1S/C16H14BrFN2O/c17-12-4-2-1-3-11(12)9-19-15-8-14-10(7-13(15)18)5-6-16(21)20-14/h1-4,7-8,19H,5-6,9H2,(H,20,21). The molecular weight excluding hydrogens is 335 g/mol. The van der Waals surface area contributed by atoms with Crippen molar-refractivity contribution in [2.24, 2.45) is 0 Å². The predicted octanol–water partition coefficient (Wildman–Crippen LogP) is 4.09. The van der Waals surface area contributed by atoms with Crippen molar-refractivity contribution in [3.63, 3.8) is 0 Å². The molecule has 0 radical (unpaired) electrons. The van der Waals surface area contributed by atoms with Crippen LogP contribution in [-0.2, 0) is 17.8 Å². The van der Waals surface area contributed by atoms with E-state index in [2.05, 4.69) is 26.6 Å². The van der Waals surface area contributed by atoms with Crippen molar-refractivity contribution in [3.8, 4) is 0 Å². The van der Waals surface area contributed by atoms with Crippen molar-refractivity contribution in [2.75, 3.05) is 10.6 Å². The van der Waals surface area contributed by atoms with E-state index in [1.807, 2.05) is 24.3 Å². The molecule has 0 aliphatic carbocycles. The van der Waals surface area contributed by atoms with Crippen LogP contribution in [0.25, 0.3) is 0 Å². The van der Waals surface area contributed by atoms with Crippen molar-refractivity contribution in [3.05, 3.63) is 57.8 Å². The van der Waals surface area contributed by atoms with Gasteiger partial charge in [0.05, 0.1) is 5.69 Å². The Morgan fingerprint density at radius 2 is 2.05 bits per heavy atom. The molecule has 2 aromatic rings. The topological polar surface area (TPSA) is 41.1 Å². The van der Waals surface area contributed by atoms with E-state index >= 15 is 0 Å². The zero-order chi connectivity index (χ0) is 14.8. The SMILES string of the molecule is O=C1CCc2cc(F)c(NCc3ccccc3Br)cc2N1. The molecule has 2 aromatic carbocycles. The molecule has 0 spiro atoms. The summed E-state index contributed by atoms with van der Waals surface area (Å²) in [5.41, 5.74) is 2.98. The summed E-state index contributed by atoms with van der Waals surface area (Å²) in [4.78, 5) is 11.4. The summed E-state index contributed by atoms with van der Waals surface area (Å²) in [5.74, 6) is -0.317. The third-order valence-corrected chi connectivity index (χ3v) is 4.29. The van der Waals surface area contributed by atoms with E-state index in [9.17, 15) is 9.18 Å². The summed E-state index contributed by atoms with van der Waals surface area (Å²) in [7, 11) is 0. The van der Waals surface area contributed by atoms with E-state index in [0.29, 0.717) is 30.8 Å². The lowest BCUT2D eigenvalue weighted by Crippen LogP contribution is -2.19. The van der Waals surface area contributed by atoms with E-state index in [1.54, 1.807) is 6.07 Å². The van der Waals surface area contributed by atoms with Gasteiger partial charge in [0.15, 0.2) is 0 Å². The molecule has 0 unspecified atom stereocenters. The Labute approximate surface area is 130 Å². The van der Waals surface area contributed by atoms with Gasteiger partial charge in [-0.25, -0.2) is 4.39 Å². The van der Waals surface area contributed by atoms with Crippen LogP contribution in [0.5, 0.6) is 0 Å². The largest absolute Gasteiger partial charge is 0.378 e. The van der Waals surface area contributed by atoms with Gasteiger partial charge in [-0.2, -0.15) is 0 Å². The summed E-state index contributed by atoms with van der Waals surface area (Å²) in [6.07, 6.45) is 0.999. The molecule has 5 heteroatoms. The first kappa shape index (κ1) is 14.1. The zero-order valence-corrected chi connectivity index (χ0v) is 12.8. The molecule has 2 N–H and O–H groups in total. The maximum absolute atomic E-state index is 14.1. The van der Waals surface area contributed by atoms with Gasteiger partial charge >= 0.3 is 0 Å².